The molecule has 0 bridgehead atoms. The highest BCUT2D eigenvalue weighted by Crippen LogP contribution is 2.29. The van der Waals surface area contributed by atoms with Gasteiger partial charge in [-0.1, -0.05) is 30.9 Å². The molecule has 0 radical (unpaired) electrons. The average molecular weight is 218 g/mol. The second-order valence-corrected chi connectivity index (χ2v) is 3.97. The molecule has 2 heteroatoms. The average Bonchev–Trinajstić information content (AvgIpc) is 2.76. The minimum Gasteiger partial charge on any atom is -0.354 e. The molecular weight excluding hydrogens is 208 g/mol. The minimum atomic E-state index is 0.664. The number of aromatic amines is 1. The third kappa shape index (κ3) is 1.33. The maximum Gasteiger partial charge on any atom is 0.0992 e. The summed E-state index contributed by atoms with van der Waals surface area (Å²) in [4.78, 5) is 3.37. The van der Waals surface area contributed by atoms with Crippen LogP contribution in [-0.2, 0) is 0 Å². The van der Waals surface area contributed by atoms with Gasteiger partial charge in [-0.2, -0.15) is 5.26 Å². The first-order valence-electron chi connectivity index (χ1n) is 5.40. The number of H-pyrrole nitrogens is 1. The number of rotatable bonds is 1. The van der Waals surface area contributed by atoms with Gasteiger partial charge >= 0.3 is 0 Å². The lowest BCUT2D eigenvalue weighted by Crippen LogP contribution is -1.80. The summed E-state index contributed by atoms with van der Waals surface area (Å²) in [7, 11) is 0. The molecule has 1 N–H and O–H groups in total. The fourth-order valence-corrected chi connectivity index (χ4v) is 2.20. The van der Waals surface area contributed by atoms with Crippen LogP contribution in [0.2, 0.25) is 0 Å². The predicted octanol–water partition coefficient (Wildman–Crippen LogP) is 3.84. The molecule has 0 aliphatic heterocycles. The summed E-state index contributed by atoms with van der Waals surface area (Å²) in [5.74, 6) is 0. The van der Waals surface area contributed by atoms with Gasteiger partial charge in [0.05, 0.1) is 17.1 Å². The SMILES string of the molecule is C=Cc1cc(C#N)cc2c1[nH]c1ccccc12. The van der Waals surface area contributed by atoms with E-state index in [-0.39, 0.29) is 0 Å². The van der Waals surface area contributed by atoms with Crippen molar-refractivity contribution in [2.75, 3.05) is 0 Å². The zero-order chi connectivity index (χ0) is 11.8. The maximum atomic E-state index is 9.03. The van der Waals surface area contributed by atoms with Gasteiger partial charge in [-0.05, 0) is 23.8 Å². The van der Waals surface area contributed by atoms with Gasteiger partial charge in [0.25, 0.3) is 0 Å². The monoisotopic (exact) mass is 218 g/mol. The van der Waals surface area contributed by atoms with Crippen molar-refractivity contribution in [3.05, 3.63) is 54.1 Å². The lowest BCUT2D eigenvalue weighted by Gasteiger charge is -1.98. The summed E-state index contributed by atoms with van der Waals surface area (Å²) in [6.07, 6.45) is 1.78. The highest BCUT2D eigenvalue weighted by molar-refractivity contribution is 6.09. The van der Waals surface area contributed by atoms with Gasteiger partial charge in [0.15, 0.2) is 0 Å². The van der Waals surface area contributed by atoms with E-state index in [4.69, 9.17) is 5.26 Å². The third-order valence-electron chi connectivity index (χ3n) is 2.99. The van der Waals surface area contributed by atoms with E-state index in [1.165, 1.54) is 0 Å². The number of hydrogen-bond donors (Lipinski definition) is 1. The van der Waals surface area contributed by atoms with E-state index < -0.39 is 0 Å². The normalized spacial score (nSPS) is 10.5. The van der Waals surface area contributed by atoms with E-state index in [0.717, 1.165) is 27.4 Å². The van der Waals surface area contributed by atoms with Crippen LogP contribution in [0.15, 0.2) is 43.0 Å². The highest BCUT2D eigenvalue weighted by Gasteiger charge is 2.07. The van der Waals surface area contributed by atoms with Crippen molar-refractivity contribution in [2.45, 2.75) is 0 Å². The smallest absolute Gasteiger partial charge is 0.0992 e. The summed E-state index contributed by atoms with van der Waals surface area (Å²) in [5.41, 5.74) is 3.76. The molecule has 1 heterocycles. The molecule has 0 saturated heterocycles. The van der Waals surface area contributed by atoms with E-state index in [1.54, 1.807) is 6.08 Å². The molecule has 3 aromatic rings. The lowest BCUT2D eigenvalue weighted by atomic mass is 10.1. The number of para-hydroxylation sites is 1. The summed E-state index contributed by atoms with van der Waals surface area (Å²) < 4.78 is 0. The fraction of sp³-hybridized carbons (Fsp3) is 0. The van der Waals surface area contributed by atoms with E-state index in [2.05, 4.69) is 23.7 Å². The first-order valence-corrected chi connectivity index (χ1v) is 5.40. The standard InChI is InChI=1S/C15H10N2/c1-2-11-7-10(9-16)8-13-12-5-3-4-6-14(12)17-15(11)13/h2-8,17H,1H2. The summed E-state index contributed by atoms with van der Waals surface area (Å²) in [5, 5.41) is 11.3. The Morgan fingerprint density at radius 1 is 1.18 bits per heavy atom. The molecule has 2 aromatic carbocycles. The number of nitrogens with zero attached hydrogens (tertiary/aromatic N) is 1. The Morgan fingerprint density at radius 3 is 2.76 bits per heavy atom. The zero-order valence-electron chi connectivity index (χ0n) is 9.20. The van der Waals surface area contributed by atoms with Crippen LogP contribution in [0.4, 0.5) is 0 Å². The van der Waals surface area contributed by atoms with Crippen molar-refractivity contribution < 1.29 is 0 Å². The molecular formula is C15H10N2. The topological polar surface area (TPSA) is 39.6 Å². The molecule has 0 fully saturated rings. The van der Waals surface area contributed by atoms with Gasteiger partial charge in [-0.15, -0.1) is 0 Å². The van der Waals surface area contributed by atoms with Gasteiger partial charge in [0, 0.05) is 16.3 Å². The highest BCUT2D eigenvalue weighted by atomic mass is 14.7. The van der Waals surface area contributed by atoms with E-state index in [9.17, 15) is 0 Å². The van der Waals surface area contributed by atoms with Crippen LogP contribution in [0.1, 0.15) is 11.1 Å². The summed E-state index contributed by atoms with van der Waals surface area (Å²) in [6, 6.07) is 14.0. The van der Waals surface area contributed by atoms with Crippen molar-refractivity contribution in [1.82, 2.24) is 4.98 Å². The maximum absolute atomic E-state index is 9.03. The molecule has 0 unspecified atom stereocenters. The van der Waals surface area contributed by atoms with Crippen LogP contribution in [0.3, 0.4) is 0 Å². The predicted molar refractivity (Wildman–Crippen MR) is 70.6 cm³/mol. The first-order chi connectivity index (χ1) is 8.33. The van der Waals surface area contributed by atoms with Crippen molar-refractivity contribution >= 4 is 27.9 Å². The molecule has 2 nitrogen and oxygen atoms in total. The number of fused-ring (bicyclic) bond motifs is 3. The Kier molecular flexibility index (Phi) is 1.99. The molecule has 0 amide bonds. The summed E-state index contributed by atoms with van der Waals surface area (Å²) in [6.45, 7) is 3.80. The Labute approximate surface area is 98.8 Å². The van der Waals surface area contributed by atoms with Crippen LogP contribution < -0.4 is 0 Å². The van der Waals surface area contributed by atoms with Gasteiger partial charge in [0.1, 0.15) is 0 Å². The Hall–Kier alpha value is -2.53. The largest absolute Gasteiger partial charge is 0.354 e. The molecule has 17 heavy (non-hydrogen) atoms. The van der Waals surface area contributed by atoms with Crippen molar-refractivity contribution in [3.8, 4) is 6.07 Å². The molecule has 0 atom stereocenters. The van der Waals surface area contributed by atoms with E-state index in [1.807, 2.05) is 30.3 Å². The van der Waals surface area contributed by atoms with Crippen LogP contribution in [0.25, 0.3) is 27.9 Å². The van der Waals surface area contributed by atoms with Crippen molar-refractivity contribution in [1.29, 1.82) is 5.26 Å². The van der Waals surface area contributed by atoms with Gasteiger partial charge < -0.3 is 4.98 Å². The van der Waals surface area contributed by atoms with Crippen LogP contribution in [0, 0.1) is 11.3 Å². The molecule has 80 valence electrons. The second-order valence-electron chi connectivity index (χ2n) is 3.97. The zero-order valence-corrected chi connectivity index (χ0v) is 9.20. The lowest BCUT2D eigenvalue weighted by molar-refractivity contribution is 1.48. The van der Waals surface area contributed by atoms with E-state index in [0.29, 0.717) is 5.56 Å². The van der Waals surface area contributed by atoms with Gasteiger partial charge in [-0.3, -0.25) is 0 Å². The number of aromatic nitrogens is 1. The molecule has 0 saturated carbocycles. The minimum absolute atomic E-state index is 0.664. The Balaban J connectivity index is 2.57. The third-order valence-corrected chi connectivity index (χ3v) is 2.99. The number of benzene rings is 2. The van der Waals surface area contributed by atoms with Crippen molar-refractivity contribution in [3.63, 3.8) is 0 Å². The van der Waals surface area contributed by atoms with Crippen molar-refractivity contribution in [2.24, 2.45) is 0 Å². The van der Waals surface area contributed by atoms with E-state index >= 15 is 0 Å². The van der Waals surface area contributed by atoms with Gasteiger partial charge in [0.2, 0.25) is 0 Å². The number of nitrogens with one attached hydrogen (secondary N) is 1. The molecule has 0 aliphatic carbocycles. The number of hydrogen-bond acceptors (Lipinski definition) is 1. The molecule has 0 spiro atoms. The fourth-order valence-electron chi connectivity index (χ4n) is 2.20. The Bertz CT molecular complexity index is 773. The van der Waals surface area contributed by atoms with Crippen LogP contribution in [0.5, 0.6) is 0 Å². The first kappa shape index (κ1) is 9.68. The molecule has 0 aliphatic rings. The molecule has 3 rings (SSSR count). The Morgan fingerprint density at radius 2 is 2.00 bits per heavy atom. The number of nitriles is 1. The quantitative estimate of drug-likeness (QED) is 0.662. The molecule has 1 aromatic heterocycles. The second kappa shape index (κ2) is 3.50. The summed E-state index contributed by atoms with van der Waals surface area (Å²) >= 11 is 0. The van der Waals surface area contributed by atoms with Crippen LogP contribution >= 0.6 is 0 Å². The van der Waals surface area contributed by atoms with Crippen LogP contribution in [-0.4, -0.2) is 4.98 Å². The van der Waals surface area contributed by atoms with Gasteiger partial charge in [-0.25, -0.2) is 0 Å².